The van der Waals surface area contributed by atoms with E-state index in [2.05, 4.69) is 5.32 Å². The lowest BCUT2D eigenvalue weighted by molar-refractivity contribution is -0.142. The van der Waals surface area contributed by atoms with Crippen molar-refractivity contribution in [2.24, 2.45) is 5.92 Å². The second-order valence-corrected chi connectivity index (χ2v) is 5.09. The van der Waals surface area contributed by atoms with Crippen LogP contribution in [0.25, 0.3) is 0 Å². The van der Waals surface area contributed by atoms with Crippen LogP contribution in [0.5, 0.6) is 0 Å². The lowest BCUT2D eigenvalue weighted by Crippen LogP contribution is -2.40. The standard InChI is InChI=1S/C15H19NO5/c1-20-11-7-12(14(17)18)13(8-11)16-15(19)21-9-10-5-3-2-4-6-10/h2-6,11-13H,7-9H2,1H3,(H,16,19)(H,17,18)/t11-,12-,13+/m0/s1. The van der Waals surface area contributed by atoms with Gasteiger partial charge in [-0.3, -0.25) is 4.79 Å². The highest BCUT2D eigenvalue weighted by molar-refractivity contribution is 5.74. The van der Waals surface area contributed by atoms with Gasteiger partial charge in [0.15, 0.2) is 0 Å². The van der Waals surface area contributed by atoms with Gasteiger partial charge in [0.05, 0.1) is 12.0 Å². The zero-order chi connectivity index (χ0) is 15.2. The molecule has 0 unspecified atom stereocenters. The molecular formula is C15H19NO5. The summed E-state index contributed by atoms with van der Waals surface area (Å²) in [5, 5.41) is 11.8. The lowest BCUT2D eigenvalue weighted by Gasteiger charge is -2.17. The van der Waals surface area contributed by atoms with Crippen LogP contribution in [0.4, 0.5) is 4.79 Å². The Morgan fingerprint density at radius 1 is 1.29 bits per heavy atom. The highest BCUT2D eigenvalue weighted by Gasteiger charge is 2.40. The van der Waals surface area contributed by atoms with Crippen molar-refractivity contribution in [1.82, 2.24) is 5.32 Å². The predicted molar refractivity (Wildman–Crippen MR) is 74.7 cm³/mol. The van der Waals surface area contributed by atoms with Gasteiger partial charge in [-0.05, 0) is 18.4 Å². The maximum Gasteiger partial charge on any atom is 0.407 e. The van der Waals surface area contributed by atoms with Crippen molar-refractivity contribution < 1.29 is 24.2 Å². The Kier molecular flexibility index (Phi) is 5.16. The summed E-state index contributed by atoms with van der Waals surface area (Å²) in [6, 6.07) is 8.84. The largest absolute Gasteiger partial charge is 0.481 e. The van der Waals surface area contributed by atoms with Crippen molar-refractivity contribution >= 4 is 12.1 Å². The van der Waals surface area contributed by atoms with E-state index in [9.17, 15) is 14.7 Å². The Bertz CT molecular complexity index is 490. The minimum atomic E-state index is -0.928. The number of hydrogen-bond donors (Lipinski definition) is 2. The lowest BCUT2D eigenvalue weighted by atomic mass is 10.0. The van der Waals surface area contributed by atoms with Crippen LogP contribution in [0.2, 0.25) is 0 Å². The molecule has 0 bridgehead atoms. The quantitative estimate of drug-likeness (QED) is 0.864. The van der Waals surface area contributed by atoms with Crippen LogP contribution in [0, 0.1) is 5.92 Å². The molecule has 1 fully saturated rings. The highest BCUT2D eigenvalue weighted by Crippen LogP contribution is 2.28. The summed E-state index contributed by atoms with van der Waals surface area (Å²) in [6.07, 6.45) is 0.126. The summed E-state index contributed by atoms with van der Waals surface area (Å²) in [5.74, 6) is -1.57. The fraction of sp³-hybridized carbons (Fsp3) is 0.467. The van der Waals surface area contributed by atoms with E-state index in [0.29, 0.717) is 12.8 Å². The Morgan fingerprint density at radius 3 is 2.62 bits per heavy atom. The van der Waals surface area contributed by atoms with Crippen LogP contribution in [-0.2, 0) is 20.9 Å². The Balaban J connectivity index is 1.85. The van der Waals surface area contributed by atoms with E-state index in [1.165, 1.54) is 0 Å². The topological polar surface area (TPSA) is 84.9 Å². The fourth-order valence-corrected chi connectivity index (χ4v) is 2.53. The first kappa shape index (κ1) is 15.3. The molecule has 0 saturated heterocycles. The van der Waals surface area contributed by atoms with Crippen molar-refractivity contribution in [3.05, 3.63) is 35.9 Å². The normalized spacial score (nSPS) is 24.5. The molecule has 6 heteroatoms. The number of carbonyl (C=O) groups is 2. The van der Waals surface area contributed by atoms with Crippen LogP contribution >= 0.6 is 0 Å². The van der Waals surface area contributed by atoms with Gasteiger partial charge in [0.1, 0.15) is 6.61 Å². The van der Waals surface area contributed by atoms with Gasteiger partial charge in [0.2, 0.25) is 0 Å². The van der Waals surface area contributed by atoms with Gasteiger partial charge in [-0.25, -0.2) is 4.79 Å². The van der Waals surface area contributed by atoms with Crippen LogP contribution in [0.3, 0.4) is 0 Å². The van der Waals surface area contributed by atoms with Crippen molar-refractivity contribution in [3.63, 3.8) is 0 Å². The van der Waals surface area contributed by atoms with E-state index >= 15 is 0 Å². The third-order valence-electron chi connectivity index (χ3n) is 3.69. The number of carboxylic acid groups (broad SMARTS) is 1. The number of alkyl carbamates (subject to hydrolysis) is 1. The summed E-state index contributed by atoms with van der Waals surface area (Å²) in [4.78, 5) is 23.0. The van der Waals surface area contributed by atoms with E-state index in [0.717, 1.165) is 5.56 Å². The van der Waals surface area contributed by atoms with E-state index in [4.69, 9.17) is 9.47 Å². The number of aliphatic carboxylic acids is 1. The summed E-state index contributed by atoms with van der Waals surface area (Å²) in [7, 11) is 1.54. The second kappa shape index (κ2) is 7.08. The Morgan fingerprint density at radius 2 is 2.00 bits per heavy atom. The number of methoxy groups -OCH3 is 1. The molecule has 1 aromatic carbocycles. The zero-order valence-electron chi connectivity index (χ0n) is 11.8. The highest BCUT2D eigenvalue weighted by atomic mass is 16.5. The number of benzene rings is 1. The first-order valence-electron chi connectivity index (χ1n) is 6.83. The molecule has 1 aliphatic carbocycles. The first-order chi connectivity index (χ1) is 10.1. The number of carboxylic acids is 1. The molecule has 1 aromatic rings. The molecule has 0 aromatic heterocycles. The van der Waals surface area contributed by atoms with Gasteiger partial charge < -0.3 is 19.9 Å². The monoisotopic (exact) mass is 293 g/mol. The zero-order valence-corrected chi connectivity index (χ0v) is 11.8. The third-order valence-corrected chi connectivity index (χ3v) is 3.69. The van der Waals surface area contributed by atoms with E-state index in [1.54, 1.807) is 7.11 Å². The third kappa shape index (κ3) is 4.19. The maximum absolute atomic E-state index is 11.8. The van der Waals surface area contributed by atoms with Crippen LogP contribution in [0.15, 0.2) is 30.3 Å². The molecule has 2 N–H and O–H groups in total. The minimum absolute atomic E-state index is 0.148. The van der Waals surface area contributed by atoms with Gasteiger partial charge >= 0.3 is 12.1 Å². The predicted octanol–water partition coefficient (Wildman–Crippen LogP) is 1.79. The molecule has 0 radical (unpaired) electrons. The average molecular weight is 293 g/mol. The average Bonchev–Trinajstić information content (AvgIpc) is 2.89. The molecule has 1 saturated carbocycles. The molecule has 1 aliphatic rings. The molecule has 0 aliphatic heterocycles. The SMILES string of the molecule is CO[C@H]1C[C@H](C(=O)O)[C@H](NC(=O)OCc2ccccc2)C1. The molecule has 21 heavy (non-hydrogen) atoms. The van der Waals surface area contributed by atoms with E-state index in [-0.39, 0.29) is 12.7 Å². The molecule has 114 valence electrons. The first-order valence-corrected chi connectivity index (χ1v) is 6.83. The molecule has 1 amide bonds. The Hall–Kier alpha value is -2.08. The Labute approximate surface area is 123 Å². The van der Waals surface area contributed by atoms with Crippen molar-refractivity contribution in [3.8, 4) is 0 Å². The van der Waals surface area contributed by atoms with Crippen LogP contribution < -0.4 is 5.32 Å². The van der Waals surface area contributed by atoms with E-state index in [1.807, 2.05) is 30.3 Å². The van der Waals surface area contributed by atoms with Gasteiger partial charge in [-0.1, -0.05) is 30.3 Å². The number of nitrogens with one attached hydrogen (secondary N) is 1. The van der Waals surface area contributed by atoms with Gasteiger partial charge in [0.25, 0.3) is 0 Å². The second-order valence-electron chi connectivity index (χ2n) is 5.09. The molecule has 2 rings (SSSR count). The van der Waals surface area contributed by atoms with Crippen molar-refractivity contribution in [2.75, 3.05) is 7.11 Å². The fourth-order valence-electron chi connectivity index (χ4n) is 2.53. The number of ether oxygens (including phenoxy) is 2. The van der Waals surface area contributed by atoms with E-state index < -0.39 is 24.0 Å². The van der Waals surface area contributed by atoms with Crippen molar-refractivity contribution in [1.29, 1.82) is 0 Å². The number of carbonyl (C=O) groups excluding carboxylic acids is 1. The molecule has 6 nitrogen and oxygen atoms in total. The summed E-state index contributed by atoms with van der Waals surface area (Å²) < 4.78 is 10.3. The van der Waals surface area contributed by atoms with Gasteiger partial charge in [-0.2, -0.15) is 0 Å². The van der Waals surface area contributed by atoms with Crippen LogP contribution in [0.1, 0.15) is 18.4 Å². The number of rotatable bonds is 5. The molecule has 0 heterocycles. The minimum Gasteiger partial charge on any atom is -0.481 e. The number of amides is 1. The summed E-state index contributed by atoms with van der Waals surface area (Å²) >= 11 is 0. The smallest absolute Gasteiger partial charge is 0.407 e. The van der Waals surface area contributed by atoms with Crippen LogP contribution in [-0.4, -0.2) is 36.4 Å². The molecule has 3 atom stereocenters. The van der Waals surface area contributed by atoms with Crippen molar-refractivity contribution in [2.45, 2.75) is 31.6 Å². The molecule has 0 spiro atoms. The summed E-state index contributed by atoms with van der Waals surface area (Å²) in [6.45, 7) is 0.158. The number of hydrogen-bond acceptors (Lipinski definition) is 4. The van der Waals surface area contributed by atoms with Gasteiger partial charge in [-0.15, -0.1) is 0 Å². The maximum atomic E-state index is 11.8. The van der Waals surface area contributed by atoms with Gasteiger partial charge in [0, 0.05) is 13.2 Å². The summed E-state index contributed by atoms with van der Waals surface area (Å²) in [5.41, 5.74) is 0.878. The molecular weight excluding hydrogens is 274 g/mol.